The molecular formula is C14H28NO3+. The van der Waals surface area contributed by atoms with Crippen molar-refractivity contribution in [3.8, 4) is 0 Å². The standard InChI is InChI=1S/C14H27NO3/c1-4-5-6-7-9-13(16)12-15(2,3)11-8-10-14(17)18/h12H,4-11H2,1-3H3,(H-,16,17,18)/p+1/b13-12-. The van der Waals surface area contributed by atoms with Gasteiger partial charge in [0.1, 0.15) is 12.0 Å². The SMILES string of the molecule is CCCCCC/C(O)=C/[N+](C)(C)CCCC(=O)O. The Kier molecular flexibility index (Phi) is 8.46. The molecule has 0 fully saturated rings. The van der Waals surface area contributed by atoms with Gasteiger partial charge in [0.15, 0.2) is 0 Å². The van der Waals surface area contributed by atoms with Gasteiger partial charge in [-0.1, -0.05) is 26.2 Å². The Morgan fingerprint density at radius 1 is 1.06 bits per heavy atom. The maximum atomic E-state index is 10.4. The van der Waals surface area contributed by atoms with Gasteiger partial charge in [-0.3, -0.25) is 9.28 Å². The number of carbonyl (C=O) groups is 1. The number of nitrogens with zero attached hydrogens (tertiary/aromatic N) is 1. The summed E-state index contributed by atoms with van der Waals surface area (Å²) in [6.07, 6.45) is 7.95. The molecule has 0 aromatic heterocycles. The molecule has 0 atom stereocenters. The van der Waals surface area contributed by atoms with Crippen molar-refractivity contribution in [1.82, 2.24) is 0 Å². The molecule has 0 heterocycles. The summed E-state index contributed by atoms with van der Waals surface area (Å²) in [5.41, 5.74) is 0. The summed E-state index contributed by atoms with van der Waals surface area (Å²) in [6, 6.07) is 0. The molecule has 0 aliphatic rings. The molecule has 0 aromatic rings. The number of allylic oxidation sites excluding steroid dienone is 1. The zero-order chi connectivity index (χ0) is 14.0. The second-order valence-electron chi connectivity index (χ2n) is 5.43. The summed E-state index contributed by atoms with van der Waals surface area (Å²) in [7, 11) is 3.95. The molecule has 0 unspecified atom stereocenters. The first-order chi connectivity index (χ1) is 8.37. The first kappa shape index (κ1) is 17.0. The monoisotopic (exact) mass is 258 g/mol. The minimum Gasteiger partial charge on any atom is -0.507 e. The van der Waals surface area contributed by atoms with E-state index in [-0.39, 0.29) is 6.42 Å². The van der Waals surface area contributed by atoms with E-state index in [9.17, 15) is 9.90 Å². The lowest BCUT2D eigenvalue weighted by Crippen LogP contribution is -2.35. The molecule has 0 saturated heterocycles. The van der Waals surface area contributed by atoms with Crippen molar-refractivity contribution in [2.75, 3.05) is 20.6 Å². The fourth-order valence-corrected chi connectivity index (χ4v) is 1.90. The minimum atomic E-state index is -0.761. The molecule has 4 nitrogen and oxygen atoms in total. The van der Waals surface area contributed by atoms with E-state index in [4.69, 9.17) is 5.11 Å². The van der Waals surface area contributed by atoms with Crippen LogP contribution in [-0.4, -0.2) is 41.3 Å². The van der Waals surface area contributed by atoms with Crippen LogP contribution in [0.15, 0.2) is 12.0 Å². The summed E-state index contributed by atoms with van der Waals surface area (Å²) in [5.74, 6) is -0.339. The average molecular weight is 258 g/mol. The van der Waals surface area contributed by atoms with Crippen molar-refractivity contribution in [3.63, 3.8) is 0 Å². The highest BCUT2D eigenvalue weighted by Crippen LogP contribution is 2.12. The summed E-state index contributed by atoms with van der Waals surface area (Å²) >= 11 is 0. The Morgan fingerprint density at radius 2 is 1.72 bits per heavy atom. The van der Waals surface area contributed by atoms with Gasteiger partial charge >= 0.3 is 5.97 Å². The predicted molar refractivity (Wildman–Crippen MR) is 73.3 cm³/mol. The van der Waals surface area contributed by atoms with Crippen LogP contribution in [0, 0.1) is 0 Å². The zero-order valence-electron chi connectivity index (χ0n) is 12.0. The Morgan fingerprint density at radius 3 is 2.28 bits per heavy atom. The van der Waals surface area contributed by atoms with E-state index in [2.05, 4.69) is 6.92 Å². The van der Waals surface area contributed by atoms with Crippen molar-refractivity contribution in [1.29, 1.82) is 0 Å². The number of quaternary nitrogens is 1. The van der Waals surface area contributed by atoms with Crippen LogP contribution >= 0.6 is 0 Å². The Hall–Kier alpha value is -1.03. The summed E-state index contributed by atoms with van der Waals surface area (Å²) < 4.78 is 0.535. The smallest absolute Gasteiger partial charge is 0.303 e. The van der Waals surface area contributed by atoms with Crippen LogP contribution in [0.1, 0.15) is 51.9 Å². The third-order valence-electron chi connectivity index (χ3n) is 2.91. The fraction of sp³-hybridized carbons (Fsp3) is 0.786. The normalized spacial score (nSPS) is 12.7. The molecule has 2 N–H and O–H groups in total. The summed E-state index contributed by atoms with van der Waals surface area (Å²) in [4.78, 5) is 10.4. The molecule has 0 aromatic carbocycles. The number of aliphatic hydroxyl groups is 1. The minimum absolute atomic E-state index is 0.187. The number of hydrogen-bond donors (Lipinski definition) is 2. The fourth-order valence-electron chi connectivity index (χ4n) is 1.90. The Labute approximate surface area is 111 Å². The van der Waals surface area contributed by atoms with Crippen LogP contribution < -0.4 is 0 Å². The van der Waals surface area contributed by atoms with Crippen LogP contribution in [0.4, 0.5) is 0 Å². The number of aliphatic carboxylic acids is 1. The van der Waals surface area contributed by atoms with Crippen LogP contribution in [-0.2, 0) is 4.79 Å². The van der Waals surface area contributed by atoms with Gasteiger partial charge in [-0.15, -0.1) is 0 Å². The van der Waals surface area contributed by atoms with Gasteiger partial charge in [0.05, 0.1) is 27.1 Å². The Balaban J connectivity index is 3.97. The number of rotatable bonds is 10. The summed E-state index contributed by atoms with van der Waals surface area (Å²) in [6.45, 7) is 2.89. The van der Waals surface area contributed by atoms with Gasteiger partial charge in [0.25, 0.3) is 0 Å². The van der Waals surface area contributed by atoms with E-state index in [0.717, 1.165) is 25.8 Å². The second kappa shape index (κ2) is 8.97. The highest BCUT2D eigenvalue weighted by molar-refractivity contribution is 5.66. The molecule has 0 bridgehead atoms. The van der Waals surface area contributed by atoms with Crippen LogP contribution in [0.5, 0.6) is 0 Å². The molecule has 0 saturated carbocycles. The lowest BCUT2D eigenvalue weighted by molar-refractivity contribution is -0.840. The number of carboxylic acids is 1. The molecular weight excluding hydrogens is 230 g/mol. The van der Waals surface area contributed by atoms with Crippen molar-refractivity contribution >= 4 is 5.97 Å². The third-order valence-corrected chi connectivity index (χ3v) is 2.91. The largest absolute Gasteiger partial charge is 0.507 e. The van der Waals surface area contributed by atoms with Crippen molar-refractivity contribution in [3.05, 3.63) is 12.0 Å². The lowest BCUT2D eigenvalue weighted by atomic mass is 10.1. The van der Waals surface area contributed by atoms with Gasteiger partial charge in [0.2, 0.25) is 0 Å². The Bertz CT molecular complexity index is 272. The van der Waals surface area contributed by atoms with Crippen molar-refractivity contribution in [2.45, 2.75) is 51.9 Å². The van der Waals surface area contributed by atoms with Crippen LogP contribution in [0.3, 0.4) is 0 Å². The van der Waals surface area contributed by atoms with E-state index in [0.29, 0.717) is 16.7 Å². The average Bonchev–Trinajstić information content (AvgIpc) is 2.22. The molecule has 0 amide bonds. The molecule has 0 aliphatic carbocycles. The van der Waals surface area contributed by atoms with Gasteiger partial charge in [-0.2, -0.15) is 0 Å². The second-order valence-corrected chi connectivity index (χ2v) is 5.43. The van der Waals surface area contributed by atoms with E-state index >= 15 is 0 Å². The van der Waals surface area contributed by atoms with Crippen molar-refractivity contribution < 1.29 is 19.5 Å². The van der Waals surface area contributed by atoms with E-state index in [1.807, 2.05) is 20.3 Å². The zero-order valence-corrected chi connectivity index (χ0v) is 12.0. The van der Waals surface area contributed by atoms with E-state index in [1.54, 1.807) is 0 Å². The number of hydrogen-bond acceptors (Lipinski definition) is 2. The van der Waals surface area contributed by atoms with Gasteiger partial charge in [-0.05, 0) is 6.42 Å². The highest BCUT2D eigenvalue weighted by atomic mass is 16.4. The molecule has 0 rings (SSSR count). The lowest BCUT2D eigenvalue weighted by Gasteiger charge is -2.25. The maximum absolute atomic E-state index is 10.4. The molecule has 4 heteroatoms. The van der Waals surface area contributed by atoms with E-state index in [1.165, 1.54) is 12.8 Å². The molecule has 0 aliphatic heterocycles. The van der Waals surface area contributed by atoms with Crippen molar-refractivity contribution in [2.24, 2.45) is 0 Å². The van der Waals surface area contributed by atoms with Gasteiger partial charge in [0, 0.05) is 12.8 Å². The quantitative estimate of drug-likeness (QED) is 0.359. The maximum Gasteiger partial charge on any atom is 0.303 e. The number of carboxylic acid groups (broad SMARTS) is 1. The van der Waals surface area contributed by atoms with E-state index < -0.39 is 5.97 Å². The topological polar surface area (TPSA) is 57.5 Å². The first-order valence-electron chi connectivity index (χ1n) is 6.82. The number of aliphatic hydroxyl groups excluding tert-OH is 1. The molecule has 0 spiro atoms. The first-order valence-corrected chi connectivity index (χ1v) is 6.82. The summed E-state index contributed by atoms with van der Waals surface area (Å²) in [5, 5.41) is 18.4. The van der Waals surface area contributed by atoms with Crippen LogP contribution in [0.2, 0.25) is 0 Å². The van der Waals surface area contributed by atoms with Crippen LogP contribution in [0.25, 0.3) is 0 Å². The number of unbranched alkanes of at least 4 members (excludes halogenated alkanes) is 3. The third kappa shape index (κ3) is 10.1. The molecule has 0 radical (unpaired) electrons. The highest BCUT2D eigenvalue weighted by Gasteiger charge is 2.14. The van der Waals surface area contributed by atoms with Gasteiger partial charge in [-0.25, -0.2) is 0 Å². The molecule has 106 valence electrons. The van der Waals surface area contributed by atoms with Gasteiger partial charge < -0.3 is 10.2 Å². The predicted octanol–water partition coefficient (Wildman–Crippen LogP) is 3.30. The molecule has 18 heavy (non-hydrogen) atoms.